The summed E-state index contributed by atoms with van der Waals surface area (Å²) in [5, 5.41) is 6.30. The number of piperazine rings is 1. The second-order valence-electron chi connectivity index (χ2n) is 7.11. The Morgan fingerprint density at radius 1 is 1.32 bits per heavy atom. The van der Waals surface area contributed by atoms with Gasteiger partial charge in [0.05, 0.1) is 0 Å². The molecule has 6 nitrogen and oxygen atoms in total. The molecule has 0 aliphatic carbocycles. The standard InChI is InChI=1S/C18H22ClN3O3/c1-10(2)7-14-18(25)22-9-13(8-15(22)17(24)21-14)20-16(23)11-3-5-12(19)6-4-11/h3-6,10,13-15H,7-9H2,1-2H3,(H,20,23)(H,21,24)/t13-,14-,15-/m0/s1. The smallest absolute Gasteiger partial charge is 0.251 e. The predicted molar refractivity (Wildman–Crippen MR) is 94.2 cm³/mol. The second-order valence-corrected chi connectivity index (χ2v) is 7.55. The number of hydrogen-bond acceptors (Lipinski definition) is 3. The summed E-state index contributed by atoms with van der Waals surface area (Å²) in [5.41, 5.74) is 0.503. The van der Waals surface area contributed by atoms with Crippen LogP contribution in [0.15, 0.2) is 24.3 Å². The minimum absolute atomic E-state index is 0.0541. The summed E-state index contributed by atoms with van der Waals surface area (Å²) in [6.07, 6.45) is 1.06. The molecule has 0 unspecified atom stereocenters. The molecule has 2 fully saturated rings. The number of carbonyl (C=O) groups is 3. The number of benzene rings is 1. The van der Waals surface area contributed by atoms with Crippen molar-refractivity contribution >= 4 is 29.3 Å². The Kier molecular flexibility index (Phi) is 4.99. The van der Waals surface area contributed by atoms with Crippen molar-refractivity contribution in [1.82, 2.24) is 15.5 Å². The number of amides is 3. The number of hydrogen-bond donors (Lipinski definition) is 2. The zero-order valence-corrected chi connectivity index (χ0v) is 15.0. The Morgan fingerprint density at radius 2 is 2.00 bits per heavy atom. The molecule has 0 spiro atoms. The summed E-state index contributed by atoms with van der Waals surface area (Å²) in [4.78, 5) is 38.9. The van der Waals surface area contributed by atoms with E-state index >= 15 is 0 Å². The van der Waals surface area contributed by atoms with E-state index in [1.165, 1.54) is 0 Å². The van der Waals surface area contributed by atoms with E-state index < -0.39 is 12.1 Å². The van der Waals surface area contributed by atoms with Crippen LogP contribution in [0.4, 0.5) is 0 Å². The molecule has 0 saturated carbocycles. The molecule has 3 amide bonds. The molecular weight excluding hydrogens is 342 g/mol. The molecular formula is C18H22ClN3O3. The van der Waals surface area contributed by atoms with Gasteiger partial charge in [0.15, 0.2) is 0 Å². The molecule has 3 rings (SSSR count). The maximum absolute atomic E-state index is 12.6. The van der Waals surface area contributed by atoms with Crippen LogP contribution in [-0.4, -0.2) is 47.3 Å². The minimum Gasteiger partial charge on any atom is -0.347 e. The average molecular weight is 364 g/mol. The van der Waals surface area contributed by atoms with Crippen LogP contribution in [0.25, 0.3) is 0 Å². The van der Waals surface area contributed by atoms with E-state index in [0.717, 1.165) is 0 Å². The Bertz CT molecular complexity index is 689. The van der Waals surface area contributed by atoms with Crippen molar-refractivity contribution in [2.75, 3.05) is 6.54 Å². The zero-order chi connectivity index (χ0) is 18.1. The molecule has 1 aromatic carbocycles. The Balaban J connectivity index is 1.65. The van der Waals surface area contributed by atoms with E-state index in [-0.39, 0.29) is 23.8 Å². The second kappa shape index (κ2) is 7.04. The highest BCUT2D eigenvalue weighted by Gasteiger charge is 2.46. The summed E-state index contributed by atoms with van der Waals surface area (Å²) >= 11 is 5.83. The molecule has 0 radical (unpaired) electrons. The van der Waals surface area contributed by atoms with Gasteiger partial charge in [-0.1, -0.05) is 25.4 Å². The fourth-order valence-corrected chi connectivity index (χ4v) is 3.59. The lowest BCUT2D eigenvalue weighted by atomic mass is 9.99. The number of halogens is 1. The Labute approximate surface area is 151 Å². The van der Waals surface area contributed by atoms with Crippen LogP contribution >= 0.6 is 11.6 Å². The molecule has 2 heterocycles. The first kappa shape index (κ1) is 17.7. The first-order chi connectivity index (χ1) is 11.8. The normalized spacial score (nSPS) is 25.8. The van der Waals surface area contributed by atoms with E-state index in [1.54, 1.807) is 29.2 Å². The van der Waals surface area contributed by atoms with Gasteiger partial charge in [-0.05, 0) is 43.0 Å². The van der Waals surface area contributed by atoms with Gasteiger partial charge in [0.25, 0.3) is 5.91 Å². The molecule has 2 aliphatic rings. The van der Waals surface area contributed by atoms with Gasteiger partial charge in [-0.15, -0.1) is 0 Å². The first-order valence-electron chi connectivity index (χ1n) is 8.52. The number of rotatable bonds is 4. The van der Waals surface area contributed by atoms with Crippen molar-refractivity contribution in [2.24, 2.45) is 5.92 Å². The largest absolute Gasteiger partial charge is 0.347 e. The highest BCUT2D eigenvalue weighted by atomic mass is 35.5. The van der Waals surface area contributed by atoms with Gasteiger partial charge in [0, 0.05) is 23.2 Å². The molecule has 2 aliphatic heterocycles. The van der Waals surface area contributed by atoms with Gasteiger partial charge >= 0.3 is 0 Å². The van der Waals surface area contributed by atoms with Crippen LogP contribution in [0, 0.1) is 5.92 Å². The summed E-state index contributed by atoms with van der Waals surface area (Å²) < 4.78 is 0. The molecule has 25 heavy (non-hydrogen) atoms. The van der Waals surface area contributed by atoms with Crippen LogP contribution in [0.1, 0.15) is 37.0 Å². The quantitative estimate of drug-likeness (QED) is 0.852. The first-order valence-corrected chi connectivity index (χ1v) is 8.90. The van der Waals surface area contributed by atoms with Crippen molar-refractivity contribution in [3.8, 4) is 0 Å². The molecule has 2 N–H and O–H groups in total. The summed E-state index contributed by atoms with van der Waals surface area (Å²) in [6.45, 7) is 4.40. The third-order valence-electron chi connectivity index (χ3n) is 4.65. The van der Waals surface area contributed by atoms with Crippen LogP contribution in [0.5, 0.6) is 0 Å². The fraction of sp³-hybridized carbons (Fsp3) is 0.500. The lowest BCUT2D eigenvalue weighted by Gasteiger charge is -2.35. The molecule has 3 atom stereocenters. The SMILES string of the molecule is CC(C)C[C@@H]1NC(=O)[C@@H]2C[C@H](NC(=O)c3ccc(Cl)cc3)CN2C1=O. The van der Waals surface area contributed by atoms with Crippen LogP contribution in [-0.2, 0) is 9.59 Å². The van der Waals surface area contributed by atoms with Crippen molar-refractivity contribution in [3.05, 3.63) is 34.9 Å². The molecule has 7 heteroatoms. The van der Waals surface area contributed by atoms with E-state index in [1.807, 2.05) is 13.8 Å². The van der Waals surface area contributed by atoms with Gasteiger partial charge < -0.3 is 15.5 Å². The lowest BCUT2D eigenvalue weighted by Crippen LogP contribution is -2.61. The van der Waals surface area contributed by atoms with Crippen molar-refractivity contribution in [3.63, 3.8) is 0 Å². The third kappa shape index (κ3) is 3.79. The van der Waals surface area contributed by atoms with Crippen molar-refractivity contribution in [1.29, 1.82) is 0 Å². The van der Waals surface area contributed by atoms with E-state index in [4.69, 9.17) is 11.6 Å². The van der Waals surface area contributed by atoms with Gasteiger partial charge in [-0.2, -0.15) is 0 Å². The fourth-order valence-electron chi connectivity index (χ4n) is 3.46. The zero-order valence-electron chi connectivity index (χ0n) is 14.3. The van der Waals surface area contributed by atoms with Gasteiger partial charge in [-0.3, -0.25) is 14.4 Å². The summed E-state index contributed by atoms with van der Waals surface area (Å²) in [5.74, 6) is -0.100. The summed E-state index contributed by atoms with van der Waals surface area (Å²) in [7, 11) is 0. The highest BCUT2D eigenvalue weighted by Crippen LogP contribution is 2.25. The Morgan fingerprint density at radius 3 is 2.64 bits per heavy atom. The maximum Gasteiger partial charge on any atom is 0.251 e. The molecule has 134 valence electrons. The topological polar surface area (TPSA) is 78.5 Å². The van der Waals surface area contributed by atoms with Crippen LogP contribution in [0.2, 0.25) is 5.02 Å². The monoisotopic (exact) mass is 363 g/mol. The number of carbonyl (C=O) groups excluding carboxylic acids is 3. The molecule has 1 aromatic rings. The minimum atomic E-state index is -0.494. The molecule has 0 bridgehead atoms. The molecule has 0 aromatic heterocycles. The van der Waals surface area contributed by atoms with Crippen molar-refractivity contribution < 1.29 is 14.4 Å². The number of fused-ring (bicyclic) bond motifs is 1. The van der Waals surface area contributed by atoms with Crippen LogP contribution < -0.4 is 10.6 Å². The van der Waals surface area contributed by atoms with Crippen LogP contribution in [0.3, 0.4) is 0 Å². The average Bonchev–Trinajstić information content (AvgIpc) is 2.97. The molecule has 2 saturated heterocycles. The number of nitrogens with one attached hydrogen (secondary N) is 2. The Hall–Kier alpha value is -2.08. The van der Waals surface area contributed by atoms with Gasteiger partial charge in [0.1, 0.15) is 12.1 Å². The van der Waals surface area contributed by atoms with E-state index in [2.05, 4.69) is 10.6 Å². The highest BCUT2D eigenvalue weighted by molar-refractivity contribution is 6.30. The predicted octanol–water partition coefficient (Wildman–Crippen LogP) is 1.58. The van der Waals surface area contributed by atoms with E-state index in [0.29, 0.717) is 35.9 Å². The maximum atomic E-state index is 12.6. The van der Waals surface area contributed by atoms with E-state index in [9.17, 15) is 14.4 Å². The van der Waals surface area contributed by atoms with Gasteiger partial charge in [0.2, 0.25) is 11.8 Å². The number of nitrogens with zero attached hydrogens (tertiary/aromatic N) is 1. The third-order valence-corrected chi connectivity index (χ3v) is 4.90. The lowest BCUT2D eigenvalue weighted by molar-refractivity contribution is -0.147. The van der Waals surface area contributed by atoms with Crippen molar-refractivity contribution in [2.45, 2.75) is 44.8 Å². The van der Waals surface area contributed by atoms with Gasteiger partial charge in [-0.25, -0.2) is 0 Å². The summed E-state index contributed by atoms with van der Waals surface area (Å²) in [6, 6.07) is 5.41.